The Bertz CT molecular complexity index is 1510. The molecule has 1 amide bonds. The number of rotatable bonds is 7. The molecule has 1 aromatic heterocycles. The van der Waals surface area contributed by atoms with Crippen LogP contribution in [0.25, 0.3) is 10.8 Å². The van der Waals surface area contributed by atoms with Gasteiger partial charge in [0.25, 0.3) is 0 Å². The van der Waals surface area contributed by atoms with Crippen LogP contribution in [-0.4, -0.2) is 77.6 Å². The van der Waals surface area contributed by atoms with Crippen molar-refractivity contribution in [3.63, 3.8) is 0 Å². The molecule has 2 fully saturated rings. The second-order valence-electron chi connectivity index (χ2n) is 11.3. The molecule has 3 aliphatic heterocycles. The van der Waals surface area contributed by atoms with Crippen molar-refractivity contribution in [3.8, 4) is 12.1 Å². The van der Waals surface area contributed by atoms with Crippen molar-refractivity contribution >= 4 is 28.2 Å². The third kappa shape index (κ3) is 5.20. The highest BCUT2D eigenvalue weighted by atomic mass is 16.5. The van der Waals surface area contributed by atoms with Crippen molar-refractivity contribution in [1.29, 1.82) is 5.26 Å². The number of carbonyl (C=O) groups excluding carboxylic acids is 1. The van der Waals surface area contributed by atoms with Crippen LogP contribution in [0.1, 0.15) is 36.1 Å². The lowest BCUT2D eigenvalue weighted by molar-refractivity contribution is -0.128. The van der Waals surface area contributed by atoms with Gasteiger partial charge in [-0.2, -0.15) is 15.2 Å². The third-order valence-electron chi connectivity index (χ3n) is 8.81. The Kier molecular flexibility index (Phi) is 7.50. The maximum absolute atomic E-state index is 12.5. The van der Waals surface area contributed by atoms with Crippen molar-refractivity contribution in [2.75, 3.05) is 49.6 Å². The van der Waals surface area contributed by atoms with Crippen LogP contribution in [0.4, 0.5) is 11.5 Å². The van der Waals surface area contributed by atoms with E-state index in [1.54, 1.807) is 4.90 Å². The number of likely N-dealkylation sites (tertiary alicyclic amines) is 1. The van der Waals surface area contributed by atoms with E-state index in [0.29, 0.717) is 51.4 Å². The van der Waals surface area contributed by atoms with Crippen molar-refractivity contribution in [1.82, 2.24) is 19.8 Å². The number of benzene rings is 2. The highest BCUT2D eigenvalue weighted by Gasteiger charge is 2.35. The minimum Gasteiger partial charge on any atom is -0.462 e. The number of nitrogens with zero attached hydrogens (tertiary/aromatic N) is 7. The highest BCUT2D eigenvalue weighted by Crippen LogP contribution is 2.38. The summed E-state index contributed by atoms with van der Waals surface area (Å²) >= 11 is 0. The number of piperazine rings is 1. The molecule has 0 aliphatic carbocycles. The lowest BCUT2D eigenvalue weighted by Crippen LogP contribution is -2.55. The molecule has 3 aromatic rings. The Morgan fingerprint density at radius 1 is 1.12 bits per heavy atom. The number of nitriles is 1. The fourth-order valence-corrected chi connectivity index (χ4v) is 6.58. The second kappa shape index (κ2) is 11.4. The number of carbonyl (C=O) groups is 1. The quantitative estimate of drug-likeness (QED) is 0.407. The molecule has 0 unspecified atom stereocenters. The van der Waals surface area contributed by atoms with Crippen LogP contribution in [0, 0.1) is 18.3 Å². The van der Waals surface area contributed by atoms with Gasteiger partial charge in [-0.25, -0.2) is 0 Å². The standard InChI is InChI=1S/C32H37N7O2/c1-4-29(40)39-17-16-37(18-24(39)13-14-33)31-26-19-38(28-12-6-10-23-9-5-8-22(2)30(23)28)20-27(26)34-32(35-31)41-21-25-11-7-15-36(25)3/h4-6,8-10,12,24-25H,1,7,11,13,15-21H2,2-3H3/t24-,25-/m0/s1. The molecule has 212 valence electrons. The zero-order valence-corrected chi connectivity index (χ0v) is 23.9. The summed E-state index contributed by atoms with van der Waals surface area (Å²) in [7, 11) is 2.14. The van der Waals surface area contributed by atoms with E-state index in [9.17, 15) is 10.1 Å². The van der Waals surface area contributed by atoms with Crippen LogP contribution >= 0.6 is 0 Å². The van der Waals surface area contributed by atoms with Gasteiger partial charge in [-0.15, -0.1) is 0 Å². The number of anilines is 2. The SMILES string of the molecule is C=CC(=O)N1CCN(c2nc(OC[C@@H]3CCCN3C)nc3c2CN(c2cccc4cccc(C)c24)C3)C[C@@H]1CC#N. The molecule has 4 heterocycles. The first-order valence-corrected chi connectivity index (χ1v) is 14.5. The molecule has 9 heteroatoms. The lowest BCUT2D eigenvalue weighted by atomic mass is 10.0. The summed E-state index contributed by atoms with van der Waals surface area (Å²) in [6, 6.07) is 15.7. The molecule has 2 saturated heterocycles. The van der Waals surface area contributed by atoms with Gasteiger partial charge in [0, 0.05) is 48.9 Å². The van der Waals surface area contributed by atoms with Gasteiger partial charge in [0.1, 0.15) is 12.4 Å². The van der Waals surface area contributed by atoms with Crippen LogP contribution < -0.4 is 14.5 Å². The number of amides is 1. The molecule has 0 spiro atoms. The first kappa shape index (κ1) is 27.0. The number of likely N-dealkylation sites (N-methyl/N-ethyl adjacent to an activating group) is 1. The Morgan fingerprint density at radius 3 is 2.71 bits per heavy atom. The smallest absolute Gasteiger partial charge is 0.318 e. The minimum atomic E-state index is -0.236. The van der Waals surface area contributed by atoms with Gasteiger partial charge in [-0.05, 0) is 56.4 Å². The number of aryl methyl sites for hydroxylation is 1. The van der Waals surface area contributed by atoms with E-state index in [-0.39, 0.29) is 18.4 Å². The van der Waals surface area contributed by atoms with E-state index in [1.165, 1.54) is 34.5 Å². The average molecular weight is 552 g/mol. The van der Waals surface area contributed by atoms with Crippen LogP contribution in [0.3, 0.4) is 0 Å². The van der Waals surface area contributed by atoms with E-state index in [2.05, 4.69) is 77.7 Å². The Balaban J connectivity index is 1.34. The third-order valence-corrected chi connectivity index (χ3v) is 8.81. The normalized spacial score (nSPS) is 20.8. The fourth-order valence-electron chi connectivity index (χ4n) is 6.58. The number of hydrogen-bond donors (Lipinski definition) is 0. The van der Waals surface area contributed by atoms with Gasteiger partial charge in [-0.1, -0.05) is 36.9 Å². The summed E-state index contributed by atoms with van der Waals surface area (Å²) in [5, 5.41) is 12.0. The maximum atomic E-state index is 12.5. The minimum absolute atomic E-state index is 0.139. The molecule has 0 bridgehead atoms. The summed E-state index contributed by atoms with van der Waals surface area (Å²) in [6.45, 7) is 10.4. The van der Waals surface area contributed by atoms with E-state index in [4.69, 9.17) is 14.7 Å². The van der Waals surface area contributed by atoms with Gasteiger partial charge in [0.05, 0.1) is 30.8 Å². The van der Waals surface area contributed by atoms with Crippen LogP contribution in [-0.2, 0) is 17.9 Å². The van der Waals surface area contributed by atoms with Crippen molar-refractivity contribution in [3.05, 3.63) is 65.9 Å². The molecule has 2 atom stereocenters. The van der Waals surface area contributed by atoms with Crippen molar-refractivity contribution < 1.29 is 9.53 Å². The Hall–Kier alpha value is -4.16. The topological polar surface area (TPSA) is 88.8 Å². The number of aromatic nitrogens is 2. The molecule has 3 aliphatic rings. The number of hydrogen-bond acceptors (Lipinski definition) is 8. The van der Waals surface area contributed by atoms with E-state index in [1.807, 2.05) is 0 Å². The largest absolute Gasteiger partial charge is 0.462 e. The molecule has 9 nitrogen and oxygen atoms in total. The predicted molar refractivity (Wildman–Crippen MR) is 160 cm³/mol. The zero-order valence-electron chi connectivity index (χ0n) is 23.9. The molecule has 0 N–H and O–H groups in total. The monoisotopic (exact) mass is 551 g/mol. The Morgan fingerprint density at radius 2 is 1.95 bits per heavy atom. The van der Waals surface area contributed by atoms with Gasteiger partial charge < -0.3 is 24.3 Å². The first-order valence-electron chi connectivity index (χ1n) is 14.5. The molecule has 2 aromatic carbocycles. The van der Waals surface area contributed by atoms with Crippen molar-refractivity contribution in [2.24, 2.45) is 0 Å². The van der Waals surface area contributed by atoms with E-state index in [0.717, 1.165) is 30.0 Å². The predicted octanol–water partition coefficient (Wildman–Crippen LogP) is 4.05. The van der Waals surface area contributed by atoms with E-state index < -0.39 is 0 Å². The Labute approximate surface area is 241 Å². The lowest BCUT2D eigenvalue weighted by Gasteiger charge is -2.41. The first-order chi connectivity index (χ1) is 20.0. The number of fused-ring (bicyclic) bond motifs is 2. The molecular weight excluding hydrogens is 514 g/mol. The van der Waals surface area contributed by atoms with Crippen LogP contribution in [0.15, 0.2) is 49.1 Å². The van der Waals surface area contributed by atoms with Gasteiger partial charge >= 0.3 is 6.01 Å². The van der Waals surface area contributed by atoms with Gasteiger partial charge in [0.15, 0.2) is 0 Å². The van der Waals surface area contributed by atoms with Gasteiger partial charge in [-0.3, -0.25) is 4.79 Å². The van der Waals surface area contributed by atoms with Crippen molar-refractivity contribution in [2.45, 2.75) is 51.4 Å². The zero-order chi connectivity index (χ0) is 28.5. The molecule has 0 saturated carbocycles. The molecule has 0 radical (unpaired) electrons. The van der Waals surface area contributed by atoms with Crippen LogP contribution in [0.5, 0.6) is 6.01 Å². The second-order valence-corrected chi connectivity index (χ2v) is 11.3. The highest BCUT2D eigenvalue weighted by molar-refractivity contribution is 5.97. The summed E-state index contributed by atoms with van der Waals surface area (Å²) in [6.07, 6.45) is 3.87. The average Bonchev–Trinajstić information content (AvgIpc) is 3.61. The molecule has 6 rings (SSSR count). The summed E-state index contributed by atoms with van der Waals surface area (Å²) in [5.74, 6) is 0.706. The summed E-state index contributed by atoms with van der Waals surface area (Å²) in [5.41, 5.74) is 4.48. The van der Waals surface area contributed by atoms with E-state index >= 15 is 0 Å². The summed E-state index contributed by atoms with van der Waals surface area (Å²) in [4.78, 5) is 31.1. The fraction of sp³-hybridized carbons (Fsp3) is 0.438. The molecule has 41 heavy (non-hydrogen) atoms. The number of ether oxygens (including phenoxy) is 1. The maximum Gasteiger partial charge on any atom is 0.318 e. The molecular formula is C32H37N7O2. The summed E-state index contributed by atoms with van der Waals surface area (Å²) < 4.78 is 6.26. The van der Waals surface area contributed by atoms with Crippen LogP contribution in [0.2, 0.25) is 0 Å². The van der Waals surface area contributed by atoms with Gasteiger partial charge in [0.2, 0.25) is 5.91 Å².